The molecule has 0 aliphatic rings. The largest absolute Gasteiger partial charge is 0.480 e. The first kappa shape index (κ1) is 12.1. The van der Waals surface area contributed by atoms with E-state index in [4.69, 9.17) is 10.5 Å². The molecule has 1 atom stereocenters. The molecule has 0 bridgehead atoms. The molecule has 0 spiro atoms. The third-order valence-corrected chi connectivity index (χ3v) is 1.92. The van der Waals surface area contributed by atoms with Crippen LogP contribution in [0.5, 0.6) is 0 Å². The van der Waals surface area contributed by atoms with Gasteiger partial charge in [-0.05, 0) is 19.1 Å². The lowest BCUT2D eigenvalue weighted by molar-refractivity contribution is -0.134. The zero-order chi connectivity index (χ0) is 12.1. The Kier molecular flexibility index (Phi) is 3.96. The van der Waals surface area contributed by atoms with Crippen molar-refractivity contribution in [3.63, 3.8) is 0 Å². The van der Waals surface area contributed by atoms with Crippen LogP contribution in [0.4, 0.5) is 5.82 Å². The maximum Gasteiger partial charge on any atom is 0.322 e. The SMILES string of the molecule is CC(O)C(=N)c1cccnc1NCC(=O)O. The lowest BCUT2D eigenvalue weighted by Gasteiger charge is -2.11. The third kappa shape index (κ3) is 3.03. The van der Waals surface area contributed by atoms with E-state index in [2.05, 4.69) is 10.3 Å². The Labute approximate surface area is 92.5 Å². The molecule has 1 heterocycles. The number of hydrogen-bond acceptors (Lipinski definition) is 5. The lowest BCUT2D eigenvalue weighted by atomic mass is 10.1. The van der Waals surface area contributed by atoms with Gasteiger partial charge in [-0.2, -0.15) is 0 Å². The van der Waals surface area contributed by atoms with E-state index in [0.29, 0.717) is 5.56 Å². The molecule has 6 nitrogen and oxygen atoms in total. The number of aliphatic hydroxyl groups is 1. The molecule has 1 unspecified atom stereocenters. The number of aliphatic carboxylic acids is 1. The van der Waals surface area contributed by atoms with E-state index >= 15 is 0 Å². The van der Waals surface area contributed by atoms with Crippen molar-refractivity contribution in [1.82, 2.24) is 4.98 Å². The van der Waals surface area contributed by atoms with Gasteiger partial charge in [0.2, 0.25) is 0 Å². The molecule has 6 heteroatoms. The van der Waals surface area contributed by atoms with E-state index < -0.39 is 12.1 Å². The van der Waals surface area contributed by atoms with Gasteiger partial charge in [-0.25, -0.2) is 4.98 Å². The van der Waals surface area contributed by atoms with Gasteiger partial charge in [0.05, 0.1) is 11.8 Å². The highest BCUT2D eigenvalue weighted by atomic mass is 16.4. The molecule has 0 aromatic carbocycles. The van der Waals surface area contributed by atoms with Crippen LogP contribution in [0.2, 0.25) is 0 Å². The monoisotopic (exact) mass is 223 g/mol. The smallest absolute Gasteiger partial charge is 0.322 e. The second-order valence-corrected chi connectivity index (χ2v) is 3.24. The number of pyridine rings is 1. The van der Waals surface area contributed by atoms with Crippen molar-refractivity contribution in [1.29, 1.82) is 5.41 Å². The van der Waals surface area contributed by atoms with Gasteiger partial charge in [-0.1, -0.05) is 0 Å². The van der Waals surface area contributed by atoms with Crippen LogP contribution in [-0.2, 0) is 4.79 Å². The Hall–Kier alpha value is -1.95. The maximum absolute atomic E-state index is 10.4. The van der Waals surface area contributed by atoms with E-state index in [0.717, 1.165) is 0 Å². The third-order valence-electron chi connectivity index (χ3n) is 1.92. The molecule has 1 rings (SSSR count). The number of anilines is 1. The molecule has 0 amide bonds. The van der Waals surface area contributed by atoms with Gasteiger partial charge in [-0.3, -0.25) is 4.79 Å². The van der Waals surface area contributed by atoms with E-state index in [1.54, 1.807) is 12.1 Å². The van der Waals surface area contributed by atoms with Crippen molar-refractivity contribution in [2.45, 2.75) is 13.0 Å². The summed E-state index contributed by atoms with van der Waals surface area (Å²) >= 11 is 0. The number of carbonyl (C=O) groups is 1. The van der Waals surface area contributed by atoms with Gasteiger partial charge in [0.1, 0.15) is 12.4 Å². The highest BCUT2D eigenvalue weighted by Crippen LogP contribution is 2.13. The number of aliphatic hydroxyl groups excluding tert-OH is 1. The Morgan fingerprint density at radius 3 is 2.94 bits per heavy atom. The van der Waals surface area contributed by atoms with E-state index in [1.807, 2.05) is 0 Å². The van der Waals surface area contributed by atoms with Crippen LogP contribution < -0.4 is 5.32 Å². The predicted molar refractivity (Wildman–Crippen MR) is 58.9 cm³/mol. The molecule has 4 N–H and O–H groups in total. The highest BCUT2D eigenvalue weighted by molar-refractivity contribution is 6.04. The minimum atomic E-state index is -1.01. The Balaban J connectivity index is 2.91. The van der Waals surface area contributed by atoms with Crippen LogP contribution in [0.25, 0.3) is 0 Å². The summed E-state index contributed by atoms with van der Waals surface area (Å²) in [5, 5.41) is 28.0. The molecule has 0 fully saturated rings. The van der Waals surface area contributed by atoms with Gasteiger partial charge in [0.25, 0.3) is 0 Å². The standard InChI is InChI=1S/C10H13N3O3/c1-6(14)9(11)7-3-2-4-12-10(7)13-5-8(15)16/h2-4,6,11,14H,5H2,1H3,(H,12,13)(H,15,16). The number of rotatable bonds is 5. The van der Waals surface area contributed by atoms with Crippen molar-refractivity contribution < 1.29 is 15.0 Å². The summed E-state index contributed by atoms with van der Waals surface area (Å²) in [6.45, 7) is 1.19. The number of aromatic nitrogens is 1. The van der Waals surface area contributed by atoms with Crippen molar-refractivity contribution in [2.24, 2.45) is 0 Å². The summed E-state index contributed by atoms with van der Waals surface area (Å²) in [5.74, 6) is -0.726. The highest BCUT2D eigenvalue weighted by Gasteiger charge is 2.13. The molecule has 86 valence electrons. The Bertz CT molecular complexity index is 404. The normalized spacial score (nSPS) is 11.9. The minimum absolute atomic E-state index is 0.000916. The summed E-state index contributed by atoms with van der Waals surface area (Å²) in [6.07, 6.45) is 0.567. The summed E-state index contributed by atoms with van der Waals surface area (Å²) in [7, 11) is 0. The van der Waals surface area contributed by atoms with Crippen LogP contribution in [-0.4, -0.2) is 39.5 Å². The number of nitrogens with one attached hydrogen (secondary N) is 2. The molecule has 0 aliphatic heterocycles. The number of carboxylic acids is 1. The van der Waals surface area contributed by atoms with Crippen LogP contribution in [0.1, 0.15) is 12.5 Å². The summed E-state index contributed by atoms with van der Waals surface area (Å²) in [5.41, 5.74) is 0.403. The van der Waals surface area contributed by atoms with Crippen molar-refractivity contribution in [3.8, 4) is 0 Å². The molecule has 0 saturated carbocycles. The zero-order valence-corrected chi connectivity index (χ0v) is 8.77. The first-order valence-electron chi connectivity index (χ1n) is 4.70. The van der Waals surface area contributed by atoms with Gasteiger partial charge in [0.15, 0.2) is 0 Å². The van der Waals surface area contributed by atoms with Gasteiger partial charge in [-0.15, -0.1) is 0 Å². The van der Waals surface area contributed by atoms with E-state index in [9.17, 15) is 9.90 Å². The van der Waals surface area contributed by atoms with Gasteiger partial charge < -0.3 is 20.9 Å². The zero-order valence-electron chi connectivity index (χ0n) is 8.77. The predicted octanol–water partition coefficient (Wildman–Crippen LogP) is 0.327. The van der Waals surface area contributed by atoms with Crippen molar-refractivity contribution in [2.75, 3.05) is 11.9 Å². The Morgan fingerprint density at radius 2 is 2.38 bits per heavy atom. The Morgan fingerprint density at radius 1 is 1.69 bits per heavy atom. The lowest BCUT2D eigenvalue weighted by Crippen LogP contribution is -2.20. The summed E-state index contributed by atoms with van der Waals surface area (Å²) in [6, 6.07) is 3.23. The van der Waals surface area contributed by atoms with Crippen LogP contribution in [0.3, 0.4) is 0 Å². The molecule has 16 heavy (non-hydrogen) atoms. The summed E-state index contributed by atoms with van der Waals surface area (Å²) < 4.78 is 0. The van der Waals surface area contributed by atoms with E-state index in [-0.39, 0.29) is 18.1 Å². The number of hydrogen-bond donors (Lipinski definition) is 4. The number of nitrogens with zero attached hydrogens (tertiary/aromatic N) is 1. The molecular formula is C10H13N3O3. The summed E-state index contributed by atoms with van der Waals surface area (Å²) in [4.78, 5) is 14.3. The average molecular weight is 223 g/mol. The second kappa shape index (κ2) is 5.22. The van der Waals surface area contributed by atoms with E-state index in [1.165, 1.54) is 13.1 Å². The first-order chi connectivity index (χ1) is 7.52. The first-order valence-corrected chi connectivity index (χ1v) is 4.70. The minimum Gasteiger partial charge on any atom is -0.480 e. The number of carboxylic acid groups (broad SMARTS) is 1. The fourth-order valence-corrected chi connectivity index (χ4v) is 1.15. The van der Waals surface area contributed by atoms with Crippen LogP contribution in [0, 0.1) is 5.41 Å². The molecular weight excluding hydrogens is 210 g/mol. The quantitative estimate of drug-likeness (QED) is 0.538. The maximum atomic E-state index is 10.4. The molecule has 0 saturated heterocycles. The molecule has 0 radical (unpaired) electrons. The van der Waals surface area contributed by atoms with Gasteiger partial charge >= 0.3 is 5.97 Å². The van der Waals surface area contributed by atoms with Crippen molar-refractivity contribution >= 4 is 17.5 Å². The van der Waals surface area contributed by atoms with Crippen molar-refractivity contribution in [3.05, 3.63) is 23.9 Å². The average Bonchev–Trinajstić information content (AvgIpc) is 2.25. The second-order valence-electron chi connectivity index (χ2n) is 3.24. The molecule has 1 aromatic heterocycles. The molecule has 0 aliphatic carbocycles. The van der Waals surface area contributed by atoms with Crippen LogP contribution in [0.15, 0.2) is 18.3 Å². The fourth-order valence-electron chi connectivity index (χ4n) is 1.15. The fraction of sp³-hybridized carbons (Fsp3) is 0.300. The van der Waals surface area contributed by atoms with Crippen LogP contribution >= 0.6 is 0 Å². The molecule has 1 aromatic rings. The topological polar surface area (TPSA) is 106 Å². The van der Waals surface area contributed by atoms with Gasteiger partial charge in [0, 0.05) is 11.8 Å².